The number of likely N-dealkylation sites (tertiary alicyclic amines) is 1. The average Bonchev–Trinajstić information content (AvgIpc) is 2.93. The molecule has 1 aromatic heterocycles. The number of aliphatic carboxylic acids is 1. The molecule has 1 fully saturated rings. The van der Waals surface area contributed by atoms with Gasteiger partial charge in [-0.05, 0) is 111 Å². The lowest BCUT2D eigenvalue weighted by Gasteiger charge is -2.38. The second kappa shape index (κ2) is 13.6. The fraction of sp³-hybridized carbons (Fsp3) is 0.484. The van der Waals surface area contributed by atoms with Gasteiger partial charge in [-0.1, -0.05) is 12.1 Å². The minimum atomic E-state index is -0.743. The van der Waals surface area contributed by atoms with E-state index < -0.39 is 12.1 Å². The molecule has 2 N–H and O–H groups in total. The van der Waals surface area contributed by atoms with E-state index in [2.05, 4.69) is 22.0 Å². The number of piperidine rings is 1. The Bertz CT molecular complexity index is 1200. The summed E-state index contributed by atoms with van der Waals surface area (Å²) >= 11 is 0. The maximum absolute atomic E-state index is 11.7. The number of unbranched alkanes of at least 4 members (excludes halogenated alkanes) is 1. The molecule has 2 aromatic carbocycles. The Morgan fingerprint density at radius 2 is 1.89 bits per heavy atom. The fourth-order valence-corrected chi connectivity index (χ4v) is 5.78. The Morgan fingerprint density at radius 1 is 1.08 bits per heavy atom. The number of nitrogens with zero attached hydrogens (tertiary/aromatic N) is 2. The standard InChI is InChI=1S/C31H40N2O5/c1-37-25-8-5-7-22(18-25)6-3-4-16-33-17-14-23(24(21-33)19-31(35)36)9-12-30(34)27-13-15-32-29-11-10-26(38-2)20-28(27)29/h5,7-8,10-11,13,15,18,20,23-24,30,34H,3-4,6,9,12,14,16-17,19,21H2,1-2H3,(H,35,36)/t23-,24+,30-/m1/s1. The molecule has 3 aromatic rings. The van der Waals surface area contributed by atoms with E-state index in [1.54, 1.807) is 20.4 Å². The Hall–Kier alpha value is -3.16. The van der Waals surface area contributed by atoms with Gasteiger partial charge in [0.25, 0.3) is 0 Å². The number of fused-ring (bicyclic) bond motifs is 1. The summed E-state index contributed by atoms with van der Waals surface area (Å²) in [6.45, 7) is 2.77. The van der Waals surface area contributed by atoms with Crippen molar-refractivity contribution in [3.8, 4) is 11.5 Å². The lowest BCUT2D eigenvalue weighted by molar-refractivity contribution is -0.139. The van der Waals surface area contributed by atoms with Gasteiger partial charge >= 0.3 is 5.97 Å². The smallest absolute Gasteiger partial charge is 0.303 e. The number of aliphatic hydroxyl groups is 1. The van der Waals surface area contributed by atoms with Gasteiger partial charge in [0.1, 0.15) is 11.5 Å². The summed E-state index contributed by atoms with van der Waals surface area (Å²) in [5.74, 6) is 1.27. The molecule has 0 bridgehead atoms. The van der Waals surface area contributed by atoms with Gasteiger partial charge in [0.2, 0.25) is 0 Å². The number of hydrogen-bond acceptors (Lipinski definition) is 6. The van der Waals surface area contributed by atoms with Gasteiger partial charge in [-0.2, -0.15) is 0 Å². The van der Waals surface area contributed by atoms with Crippen LogP contribution in [0.2, 0.25) is 0 Å². The van der Waals surface area contributed by atoms with Crippen LogP contribution in [0.4, 0.5) is 0 Å². The van der Waals surface area contributed by atoms with E-state index in [1.807, 2.05) is 36.4 Å². The number of aliphatic hydroxyl groups excluding tert-OH is 1. The van der Waals surface area contributed by atoms with Crippen LogP contribution >= 0.6 is 0 Å². The lowest BCUT2D eigenvalue weighted by Crippen LogP contribution is -2.41. The number of ether oxygens (including phenoxy) is 2. The molecule has 1 aliphatic rings. The molecule has 0 aliphatic carbocycles. The zero-order valence-electron chi connectivity index (χ0n) is 22.5. The SMILES string of the molecule is COc1cccc(CCCCN2CC[C@@H](CC[C@@H](O)c3ccnc4ccc(OC)cc34)[C@@H](CC(=O)O)C2)c1. The number of rotatable bonds is 13. The maximum Gasteiger partial charge on any atom is 0.303 e. The largest absolute Gasteiger partial charge is 0.497 e. The number of methoxy groups -OCH3 is 2. The van der Waals surface area contributed by atoms with E-state index in [9.17, 15) is 15.0 Å². The van der Waals surface area contributed by atoms with Gasteiger partial charge in [-0.25, -0.2) is 0 Å². The van der Waals surface area contributed by atoms with Crippen LogP contribution in [-0.4, -0.2) is 59.9 Å². The van der Waals surface area contributed by atoms with Gasteiger partial charge < -0.3 is 24.6 Å². The predicted molar refractivity (Wildman–Crippen MR) is 149 cm³/mol. The van der Waals surface area contributed by atoms with Crippen LogP contribution in [0.25, 0.3) is 10.9 Å². The van der Waals surface area contributed by atoms with Crippen molar-refractivity contribution in [1.82, 2.24) is 9.88 Å². The monoisotopic (exact) mass is 520 g/mol. The van der Waals surface area contributed by atoms with Crippen LogP contribution in [0.1, 0.15) is 55.8 Å². The van der Waals surface area contributed by atoms with E-state index in [-0.39, 0.29) is 18.3 Å². The van der Waals surface area contributed by atoms with Crippen LogP contribution in [0, 0.1) is 11.8 Å². The first-order valence-electron chi connectivity index (χ1n) is 13.6. The van der Waals surface area contributed by atoms with Crippen molar-refractivity contribution >= 4 is 16.9 Å². The molecule has 0 saturated carbocycles. The summed E-state index contributed by atoms with van der Waals surface area (Å²) in [7, 11) is 3.32. The van der Waals surface area contributed by atoms with E-state index in [0.717, 1.165) is 79.7 Å². The van der Waals surface area contributed by atoms with Crippen LogP contribution < -0.4 is 9.47 Å². The highest BCUT2D eigenvalue weighted by atomic mass is 16.5. The van der Waals surface area contributed by atoms with Crippen molar-refractivity contribution in [2.75, 3.05) is 33.9 Å². The molecule has 38 heavy (non-hydrogen) atoms. The molecule has 2 heterocycles. The molecule has 1 aliphatic heterocycles. The van der Waals surface area contributed by atoms with Crippen molar-refractivity contribution in [2.24, 2.45) is 11.8 Å². The van der Waals surface area contributed by atoms with Crippen LogP contribution in [0.15, 0.2) is 54.7 Å². The number of carboxylic acid groups (broad SMARTS) is 1. The predicted octanol–water partition coefficient (Wildman–Crippen LogP) is 5.50. The minimum absolute atomic E-state index is 0.0983. The highest BCUT2D eigenvalue weighted by Gasteiger charge is 2.31. The van der Waals surface area contributed by atoms with Gasteiger partial charge in [0.05, 0.1) is 25.8 Å². The number of benzene rings is 2. The molecule has 0 spiro atoms. The molecule has 3 atom stereocenters. The third kappa shape index (κ3) is 7.45. The Morgan fingerprint density at radius 3 is 2.68 bits per heavy atom. The third-order valence-electron chi connectivity index (χ3n) is 7.89. The third-order valence-corrected chi connectivity index (χ3v) is 7.89. The molecule has 0 unspecified atom stereocenters. The normalized spacial score (nSPS) is 18.8. The summed E-state index contributed by atoms with van der Waals surface area (Å²) < 4.78 is 10.7. The van der Waals surface area contributed by atoms with Crippen molar-refractivity contribution in [1.29, 1.82) is 0 Å². The molecular weight excluding hydrogens is 480 g/mol. The Kier molecular flexibility index (Phi) is 9.96. The molecule has 0 amide bonds. The molecule has 7 heteroatoms. The number of aryl methyl sites for hydroxylation is 1. The van der Waals surface area contributed by atoms with E-state index in [0.29, 0.717) is 6.42 Å². The maximum atomic E-state index is 11.7. The number of pyridine rings is 1. The highest BCUT2D eigenvalue weighted by molar-refractivity contribution is 5.83. The fourth-order valence-electron chi connectivity index (χ4n) is 5.78. The number of aromatic nitrogens is 1. The molecular formula is C31H40N2O5. The first-order valence-corrected chi connectivity index (χ1v) is 13.6. The van der Waals surface area contributed by atoms with Crippen molar-refractivity contribution < 1.29 is 24.5 Å². The lowest BCUT2D eigenvalue weighted by atomic mass is 9.79. The van der Waals surface area contributed by atoms with Gasteiger partial charge in [-0.3, -0.25) is 9.78 Å². The topological polar surface area (TPSA) is 92.1 Å². The Balaban J connectivity index is 1.30. The summed E-state index contributed by atoms with van der Waals surface area (Å²) in [5, 5.41) is 21.6. The summed E-state index contributed by atoms with van der Waals surface area (Å²) in [6.07, 6.45) is 6.82. The van der Waals surface area contributed by atoms with Crippen molar-refractivity contribution in [3.63, 3.8) is 0 Å². The second-order valence-corrected chi connectivity index (χ2v) is 10.4. The van der Waals surface area contributed by atoms with Crippen LogP contribution in [0.3, 0.4) is 0 Å². The first kappa shape index (κ1) is 27.9. The van der Waals surface area contributed by atoms with Gasteiger partial charge in [0, 0.05) is 24.5 Å². The van der Waals surface area contributed by atoms with Crippen LogP contribution in [0.5, 0.6) is 11.5 Å². The zero-order chi connectivity index (χ0) is 26.9. The number of hydrogen-bond donors (Lipinski definition) is 2. The zero-order valence-corrected chi connectivity index (χ0v) is 22.5. The van der Waals surface area contributed by atoms with Crippen LogP contribution in [-0.2, 0) is 11.2 Å². The van der Waals surface area contributed by atoms with Crippen molar-refractivity contribution in [2.45, 2.75) is 51.0 Å². The quantitative estimate of drug-likeness (QED) is 0.288. The molecule has 0 radical (unpaired) electrons. The average molecular weight is 521 g/mol. The number of carboxylic acids is 1. The summed E-state index contributed by atoms with van der Waals surface area (Å²) in [4.78, 5) is 18.5. The molecule has 204 valence electrons. The van der Waals surface area contributed by atoms with Gasteiger partial charge in [0.15, 0.2) is 0 Å². The van der Waals surface area contributed by atoms with E-state index in [1.165, 1.54) is 5.56 Å². The van der Waals surface area contributed by atoms with E-state index >= 15 is 0 Å². The molecule has 4 rings (SSSR count). The molecule has 1 saturated heterocycles. The Labute approximate surface area is 225 Å². The second-order valence-electron chi connectivity index (χ2n) is 10.4. The van der Waals surface area contributed by atoms with Gasteiger partial charge in [-0.15, -0.1) is 0 Å². The van der Waals surface area contributed by atoms with Crippen molar-refractivity contribution in [3.05, 3.63) is 65.9 Å². The first-order chi connectivity index (χ1) is 18.5. The number of carbonyl (C=O) groups is 1. The minimum Gasteiger partial charge on any atom is -0.497 e. The summed E-state index contributed by atoms with van der Waals surface area (Å²) in [6, 6.07) is 15.8. The molecule has 7 nitrogen and oxygen atoms in total. The highest BCUT2D eigenvalue weighted by Crippen LogP contribution is 2.35. The van der Waals surface area contributed by atoms with E-state index in [4.69, 9.17) is 9.47 Å². The summed E-state index contributed by atoms with van der Waals surface area (Å²) in [5.41, 5.74) is 2.95.